The summed E-state index contributed by atoms with van der Waals surface area (Å²) in [5, 5.41) is 2.75. The third-order valence-corrected chi connectivity index (χ3v) is 2.18. The maximum atomic E-state index is 11.7. The molecule has 2 heterocycles. The van der Waals surface area contributed by atoms with Crippen molar-refractivity contribution in [1.82, 2.24) is 10.3 Å². The normalized spacial score (nSPS) is 10.1. The molecule has 0 aliphatic rings. The van der Waals surface area contributed by atoms with Gasteiger partial charge in [0.25, 0.3) is 5.91 Å². The van der Waals surface area contributed by atoms with Gasteiger partial charge in [0.15, 0.2) is 0 Å². The van der Waals surface area contributed by atoms with Gasteiger partial charge in [-0.25, -0.2) is 0 Å². The molecule has 0 radical (unpaired) electrons. The van der Waals surface area contributed by atoms with Gasteiger partial charge in [-0.3, -0.25) is 9.78 Å². The Labute approximate surface area is 93.3 Å². The lowest BCUT2D eigenvalue weighted by molar-refractivity contribution is 0.0947. The molecular weight excluding hydrogens is 204 g/mol. The van der Waals surface area contributed by atoms with Gasteiger partial charge in [-0.2, -0.15) is 0 Å². The Morgan fingerprint density at radius 2 is 2.31 bits per heavy atom. The molecule has 16 heavy (non-hydrogen) atoms. The molecule has 0 fully saturated rings. The lowest BCUT2D eigenvalue weighted by atomic mass is 10.2. The highest BCUT2D eigenvalue weighted by atomic mass is 16.3. The van der Waals surface area contributed by atoms with Crippen molar-refractivity contribution in [2.75, 3.05) is 0 Å². The quantitative estimate of drug-likeness (QED) is 0.852. The van der Waals surface area contributed by atoms with E-state index in [9.17, 15) is 4.79 Å². The Morgan fingerprint density at radius 3 is 2.94 bits per heavy atom. The first-order chi connectivity index (χ1) is 7.75. The van der Waals surface area contributed by atoms with Crippen LogP contribution >= 0.6 is 0 Å². The van der Waals surface area contributed by atoms with Crippen LogP contribution in [0.15, 0.2) is 41.1 Å². The lowest BCUT2D eigenvalue weighted by Gasteiger charge is -2.02. The zero-order valence-electron chi connectivity index (χ0n) is 8.93. The number of aryl methyl sites for hydroxylation is 1. The van der Waals surface area contributed by atoms with Crippen molar-refractivity contribution >= 4 is 5.91 Å². The number of nitrogens with one attached hydrogen (secondary N) is 1. The molecule has 0 atom stereocenters. The van der Waals surface area contributed by atoms with Gasteiger partial charge in [0.05, 0.1) is 18.4 Å². The zero-order chi connectivity index (χ0) is 11.4. The third-order valence-electron chi connectivity index (χ3n) is 2.18. The van der Waals surface area contributed by atoms with Crippen molar-refractivity contribution in [1.29, 1.82) is 0 Å². The number of nitrogens with zero attached hydrogens (tertiary/aromatic N) is 1. The lowest BCUT2D eigenvalue weighted by Crippen LogP contribution is -2.22. The van der Waals surface area contributed by atoms with Crippen LogP contribution in [0, 0.1) is 6.92 Å². The van der Waals surface area contributed by atoms with E-state index in [-0.39, 0.29) is 5.91 Å². The summed E-state index contributed by atoms with van der Waals surface area (Å²) in [5.41, 5.74) is 1.44. The molecule has 1 amide bonds. The average Bonchev–Trinajstić information content (AvgIpc) is 2.80. The number of pyridine rings is 1. The minimum Gasteiger partial charge on any atom is -0.467 e. The molecule has 4 heteroatoms. The van der Waals surface area contributed by atoms with Crippen LogP contribution in [-0.2, 0) is 6.54 Å². The van der Waals surface area contributed by atoms with Crippen molar-refractivity contribution in [3.8, 4) is 0 Å². The van der Waals surface area contributed by atoms with E-state index in [1.807, 2.05) is 19.1 Å². The first-order valence-corrected chi connectivity index (χ1v) is 4.99. The van der Waals surface area contributed by atoms with Gasteiger partial charge >= 0.3 is 0 Å². The number of rotatable bonds is 3. The summed E-state index contributed by atoms with van der Waals surface area (Å²) in [4.78, 5) is 15.7. The molecule has 1 N–H and O–H groups in total. The second-order valence-electron chi connectivity index (χ2n) is 3.45. The molecule has 0 aromatic carbocycles. The first kappa shape index (κ1) is 10.4. The van der Waals surface area contributed by atoms with Crippen molar-refractivity contribution < 1.29 is 9.21 Å². The number of hydrogen-bond acceptors (Lipinski definition) is 3. The molecule has 0 saturated heterocycles. The number of hydrogen-bond donors (Lipinski definition) is 1. The van der Waals surface area contributed by atoms with Crippen LogP contribution in [0.25, 0.3) is 0 Å². The Hall–Kier alpha value is -2.10. The van der Waals surface area contributed by atoms with Crippen molar-refractivity contribution in [2.24, 2.45) is 0 Å². The largest absolute Gasteiger partial charge is 0.467 e. The van der Waals surface area contributed by atoms with Gasteiger partial charge in [0.2, 0.25) is 0 Å². The first-order valence-electron chi connectivity index (χ1n) is 4.99. The Kier molecular flexibility index (Phi) is 3.00. The van der Waals surface area contributed by atoms with Gasteiger partial charge in [-0.1, -0.05) is 0 Å². The number of carbonyl (C=O) groups excluding carboxylic acids is 1. The van der Waals surface area contributed by atoms with Crippen molar-refractivity contribution in [3.05, 3.63) is 53.7 Å². The summed E-state index contributed by atoms with van der Waals surface area (Å²) < 4.78 is 5.11. The summed E-state index contributed by atoms with van der Waals surface area (Å²) in [6.07, 6.45) is 3.14. The minimum absolute atomic E-state index is 0.149. The molecule has 0 bridgehead atoms. The predicted molar refractivity (Wildman–Crippen MR) is 58.9 cm³/mol. The van der Waals surface area contributed by atoms with E-state index < -0.39 is 0 Å². The standard InChI is InChI=1S/C12H12N2O2/c1-9-4-5-10(7-13-9)12(15)14-8-11-3-2-6-16-11/h2-7H,8H2,1H3,(H,14,15). The predicted octanol–water partition coefficient (Wildman–Crippen LogP) is 1.91. The number of carbonyl (C=O) groups is 1. The highest BCUT2D eigenvalue weighted by Crippen LogP contribution is 2.02. The van der Waals surface area contributed by atoms with E-state index in [2.05, 4.69) is 10.3 Å². The number of amides is 1. The SMILES string of the molecule is Cc1ccc(C(=O)NCc2ccco2)cn1. The van der Waals surface area contributed by atoms with Crippen LogP contribution in [0.1, 0.15) is 21.8 Å². The molecule has 82 valence electrons. The van der Waals surface area contributed by atoms with Gasteiger partial charge in [0, 0.05) is 11.9 Å². The number of furan rings is 1. The Balaban J connectivity index is 1.95. The summed E-state index contributed by atoms with van der Waals surface area (Å²) in [7, 11) is 0. The fourth-order valence-corrected chi connectivity index (χ4v) is 1.28. The maximum Gasteiger partial charge on any atom is 0.253 e. The van der Waals surface area contributed by atoms with E-state index in [0.29, 0.717) is 12.1 Å². The van der Waals surface area contributed by atoms with Gasteiger partial charge < -0.3 is 9.73 Å². The van der Waals surface area contributed by atoms with E-state index in [0.717, 1.165) is 11.5 Å². The molecule has 0 spiro atoms. The van der Waals surface area contributed by atoms with Crippen LogP contribution in [0.2, 0.25) is 0 Å². The van der Waals surface area contributed by atoms with Crippen molar-refractivity contribution in [2.45, 2.75) is 13.5 Å². The second kappa shape index (κ2) is 4.61. The van der Waals surface area contributed by atoms with Crippen LogP contribution in [-0.4, -0.2) is 10.9 Å². The minimum atomic E-state index is -0.149. The molecular formula is C12H12N2O2. The van der Waals surface area contributed by atoms with Crippen LogP contribution in [0.5, 0.6) is 0 Å². The monoisotopic (exact) mass is 216 g/mol. The molecule has 4 nitrogen and oxygen atoms in total. The van der Waals surface area contributed by atoms with E-state index in [1.165, 1.54) is 0 Å². The highest BCUT2D eigenvalue weighted by Gasteiger charge is 2.05. The molecule has 0 aliphatic carbocycles. The summed E-state index contributed by atoms with van der Waals surface area (Å²) >= 11 is 0. The Morgan fingerprint density at radius 1 is 1.44 bits per heavy atom. The highest BCUT2D eigenvalue weighted by molar-refractivity contribution is 5.93. The molecule has 0 aliphatic heterocycles. The average molecular weight is 216 g/mol. The van der Waals surface area contributed by atoms with Crippen molar-refractivity contribution in [3.63, 3.8) is 0 Å². The summed E-state index contributed by atoms with van der Waals surface area (Å²) in [5.74, 6) is 0.581. The summed E-state index contributed by atoms with van der Waals surface area (Å²) in [6.45, 7) is 2.27. The molecule has 0 unspecified atom stereocenters. The van der Waals surface area contributed by atoms with E-state index in [1.54, 1.807) is 24.6 Å². The smallest absolute Gasteiger partial charge is 0.253 e. The van der Waals surface area contributed by atoms with Gasteiger partial charge in [0.1, 0.15) is 5.76 Å². The molecule has 0 saturated carbocycles. The fraction of sp³-hybridized carbons (Fsp3) is 0.167. The van der Waals surface area contributed by atoms with E-state index >= 15 is 0 Å². The summed E-state index contributed by atoms with van der Waals surface area (Å²) in [6, 6.07) is 7.16. The molecule has 2 aromatic rings. The fourth-order valence-electron chi connectivity index (χ4n) is 1.28. The van der Waals surface area contributed by atoms with E-state index in [4.69, 9.17) is 4.42 Å². The van der Waals surface area contributed by atoms with Gasteiger partial charge in [-0.05, 0) is 31.2 Å². The van der Waals surface area contributed by atoms with Crippen LogP contribution < -0.4 is 5.32 Å². The third kappa shape index (κ3) is 2.48. The maximum absolute atomic E-state index is 11.7. The number of aromatic nitrogens is 1. The molecule has 2 rings (SSSR count). The Bertz CT molecular complexity index is 460. The van der Waals surface area contributed by atoms with Crippen LogP contribution in [0.3, 0.4) is 0 Å². The van der Waals surface area contributed by atoms with Crippen LogP contribution in [0.4, 0.5) is 0 Å². The zero-order valence-corrected chi connectivity index (χ0v) is 8.93. The van der Waals surface area contributed by atoms with Gasteiger partial charge in [-0.15, -0.1) is 0 Å². The molecule has 2 aromatic heterocycles. The topological polar surface area (TPSA) is 55.1 Å². The second-order valence-corrected chi connectivity index (χ2v) is 3.45.